The topological polar surface area (TPSA) is 60.9 Å². The monoisotopic (exact) mass is 318 g/mol. The first-order valence-corrected chi connectivity index (χ1v) is 8.30. The van der Waals surface area contributed by atoms with E-state index in [9.17, 15) is 9.59 Å². The van der Waals surface area contributed by atoms with Crippen molar-refractivity contribution in [3.05, 3.63) is 35.4 Å². The fourth-order valence-electron chi connectivity index (χ4n) is 2.90. The van der Waals surface area contributed by atoms with E-state index in [4.69, 9.17) is 5.11 Å². The van der Waals surface area contributed by atoms with Crippen molar-refractivity contribution >= 4 is 11.8 Å². The van der Waals surface area contributed by atoms with Gasteiger partial charge in [-0.25, -0.2) is 0 Å². The van der Waals surface area contributed by atoms with Crippen LogP contribution in [0.4, 0.5) is 0 Å². The molecular weight excluding hydrogens is 292 g/mol. The van der Waals surface area contributed by atoms with Crippen molar-refractivity contribution in [1.29, 1.82) is 0 Å². The van der Waals surface area contributed by atoms with Gasteiger partial charge >= 0.3 is 0 Å². The third kappa shape index (κ3) is 4.55. The van der Waals surface area contributed by atoms with Crippen molar-refractivity contribution < 1.29 is 14.7 Å². The van der Waals surface area contributed by atoms with Gasteiger partial charge in [0.15, 0.2) is 0 Å². The molecule has 0 saturated carbocycles. The van der Waals surface area contributed by atoms with Crippen molar-refractivity contribution in [3.63, 3.8) is 0 Å². The van der Waals surface area contributed by atoms with Gasteiger partial charge in [-0.1, -0.05) is 38.1 Å². The summed E-state index contributed by atoms with van der Waals surface area (Å²) in [5.41, 5.74) is 2.49. The van der Waals surface area contributed by atoms with Crippen LogP contribution >= 0.6 is 0 Å². The van der Waals surface area contributed by atoms with Gasteiger partial charge in [0, 0.05) is 32.6 Å². The third-order valence-electron chi connectivity index (χ3n) is 4.56. The number of aliphatic hydroxyl groups is 1. The standard InChI is InChI=1S/C18H26N2O3/c1-3-15-4-6-16(7-5-15)14(2)12-17(22)19-8-10-20(11-9-19)18(23)13-21/h4-7,14,21H,3,8-13H2,1-2H3. The highest BCUT2D eigenvalue weighted by molar-refractivity contribution is 5.79. The summed E-state index contributed by atoms with van der Waals surface area (Å²) in [6.45, 7) is 5.85. The van der Waals surface area contributed by atoms with E-state index in [1.807, 2.05) is 4.90 Å². The number of hydrogen-bond acceptors (Lipinski definition) is 3. The second-order valence-electron chi connectivity index (χ2n) is 6.12. The molecule has 23 heavy (non-hydrogen) atoms. The minimum atomic E-state index is -0.460. The lowest BCUT2D eigenvalue weighted by atomic mass is 9.95. The molecule has 5 heteroatoms. The lowest BCUT2D eigenvalue weighted by Crippen LogP contribution is -2.51. The number of aryl methyl sites for hydroxylation is 1. The summed E-state index contributed by atoms with van der Waals surface area (Å²) >= 11 is 0. The van der Waals surface area contributed by atoms with Crippen LogP contribution in [-0.2, 0) is 16.0 Å². The van der Waals surface area contributed by atoms with E-state index in [0.29, 0.717) is 32.6 Å². The van der Waals surface area contributed by atoms with Crippen LogP contribution in [0, 0.1) is 0 Å². The fourth-order valence-corrected chi connectivity index (χ4v) is 2.90. The molecule has 1 unspecified atom stereocenters. The number of amides is 2. The molecule has 2 amide bonds. The van der Waals surface area contributed by atoms with E-state index in [2.05, 4.69) is 38.1 Å². The maximum absolute atomic E-state index is 12.4. The van der Waals surface area contributed by atoms with Crippen molar-refractivity contribution in [2.75, 3.05) is 32.8 Å². The van der Waals surface area contributed by atoms with E-state index in [-0.39, 0.29) is 17.7 Å². The number of hydrogen-bond donors (Lipinski definition) is 1. The van der Waals surface area contributed by atoms with E-state index >= 15 is 0 Å². The molecule has 1 aliphatic heterocycles. The molecule has 126 valence electrons. The number of nitrogens with zero attached hydrogens (tertiary/aromatic N) is 2. The second kappa shape index (κ2) is 8.11. The Morgan fingerprint density at radius 1 is 1.04 bits per heavy atom. The highest BCUT2D eigenvalue weighted by Gasteiger charge is 2.24. The average molecular weight is 318 g/mol. The van der Waals surface area contributed by atoms with Gasteiger partial charge in [0.2, 0.25) is 11.8 Å². The Morgan fingerprint density at radius 2 is 1.57 bits per heavy atom. The Balaban J connectivity index is 1.85. The number of rotatable bonds is 5. The Morgan fingerprint density at radius 3 is 2.04 bits per heavy atom. The second-order valence-corrected chi connectivity index (χ2v) is 6.12. The van der Waals surface area contributed by atoms with Crippen LogP contribution in [0.1, 0.15) is 37.3 Å². The zero-order valence-electron chi connectivity index (χ0n) is 14.0. The molecule has 0 radical (unpaired) electrons. The minimum absolute atomic E-state index is 0.133. The molecule has 0 aliphatic carbocycles. The first-order valence-electron chi connectivity index (χ1n) is 8.30. The highest BCUT2D eigenvalue weighted by Crippen LogP contribution is 2.21. The molecule has 0 aromatic heterocycles. The Bertz CT molecular complexity index is 534. The number of piperazine rings is 1. The van der Waals surface area contributed by atoms with Crippen LogP contribution in [-0.4, -0.2) is 59.5 Å². The smallest absolute Gasteiger partial charge is 0.248 e. The molecule has 1 aliphatic rings. The number of benzene rings is 1. The van der Waals surface area contributed by atoms with Gasteiger partial charge in [0.05, 0.1) is 0 Å². The van der Waals surface area contributed by atoms with E-state index < -0.39 is 6.61 Å². The molecular formula is C18H26N2O3. The zero-order chi connectivity index (χ0) is 16.8. The van der Waals surface area contributed by atoms with Gasteiger partial charge in [-0.15, -0.1) is 0 Å². The third-order valence-corrected chi connectivity index (χ3v) is 4.56. The summed E-state index contributed by atoms with van der Waals surface area (Å²) < 4.78 is 0. The maximum atomic E-state index is 12.4. The van der Waals surface area contributed by atoms with E-state index in [1.54, 1.807) is 4.90 Å². The fraction of sp³-hybridized carbons (Fsp3) is 0.556. The van der Waals surface area contributed by atoms with E-state index in [1.165, 1.54) is 11.1 Å². The molecule has 1 N–H and O–H groups in total. The van der Waals surface area contributed by atoms with Crippen LogP contribution < -0.4 is 0 Å². The number of carbonyl (C=O) groups excluding carboxylic acids is 2. The Kier molecular flexibility index (Phi) is 6.16. The quantitative estimate of drug-likeness (QED) is 0.893. The van der Waals surface area contributed by atoms with Crippen molar-refractivity contribution in [1.82, 2.24) is 9.80 Å². The van der Waals surface area contributed by atoms with Gasteiger partial charge in [-0.05, 0) is 23.5 Å². The summed E-state index contributed by atoms with van der Waals surface area (Å²) in [7, 11) is 0. The molecule has 0 spiro atoms. The van der Waals surface area contributed by atoms with Gasteiger partial charge in [-0.2, -0.15) is 0 Å². The number of aliphatic hydroxyl groups excluding tert-OH is 1. The largest absolute Gasteiger partial charge is 0.387 e. The summed E-state index contributed by atoms with van der Waals surface area (Å²) in [6, 6.07) is 8.45. The lowest BCUT2D eigenvalue weighted by Gasteiger charge is -2.35. The van der Waals surface area contributed by atoms with Crippen LogP contribution in [0.25, 0.3) is 0 Å². The predicted octanol–water partition coefficient (Wildman–Crippen LogP) is 1.41. The first-order chi connectivity index (χ1) is 11.0. The minimum Gasteiger partial charge on any atom is -0.387 e. The average Bonchev–Trinajstić information content (AvgIpc) is 2.61. The molecule has 1 atom stereocenters. The molecule has 2 rings (SSSR count). The molecule has 1 fully saturated rings. The van der Waals surface area contributed by atoms with Crippen LogP contribution in [0.15, 0.2) is 24.3 Å². The Labute approximate surface area is 137 Å². The zero-order valence-corrected chi connectivity index (χ0v) is 14.0. The summed E-state index contributed by atoms with van der Waals surface area (Å²) in [5.74, 6) is 0.0557. The van der Waals surface area contributed by atoms with Crippen LogP contribution in [0.5, 0.6) is 0 Å². The lowest BCUT2D eigenvalue weighted by molar-refractivity contribution is -0.141. The first kappa shape index (κ1) is 17.5. The van der Waals surface area contributed by atoms with Gasteiger partial charge in [0.1, 0.15) is 6.61 Å². The van der Waals surface area contributed by atoms with Crippen LogP contribution in [0.2, 0.25) is 0 Å². The summed E-state index contributed by atoms with van der Waals surface area (Å²) in [4.78, 5) is 27.3. The molecule has 1 saturated heterocycles. The van der Waals surface area contributed by atoms with Gasteiger partial charge < -0.3 is 14.9 Å². The van der Waals surface area contributed by atoms with Crippen molar-refractivity contribution in [2.24, 2.45) is 0 Å². The van der Waals surface area contributed by atoms with E-state index in [0.717, 1.165) is 6.42 Å². The van der Waals surface area contributed by atoms with Crippen molar-refractivity contribution in [2.45, 2.75) is 32.6 Å². The van der Waals surface area contributed by atoms with Crippen molar-refractivity contribution in [3.8, 4) is 0 Å². The highest BCUT2D eigenvalue weighted by atomic mass is 16.3. The molecule has 1 aromatic rings. The maximum Gasteiger partial charge on any atom is 0.248 e. The summed E-state index contributed by atoms with van der Waals surface area (Å²) in [5, 5.41) is 8.87. The molecule has 0 bridgehead atoms. The summed E-state index contributed by atoms with van der Waals surface area (Å²) in [6.07, 6.45) is 1.50. The van der Waals surface area contributed by atoms with Gasteiger partial charge in [0.25, 0.3) is 0 Å². The SMILES string of the molecule is CCc1ccc(C(C)CC(=O)N2CCN(C(=O)CO)CC2)cc1. The number of carbonyl (C=O) groups is 2. The van der Waals surface area contributed by atoms with Crippen LogP contribution in [0.3, 0.4) is 0 Å². The molecule has 1 heterocycles. The van der Waals surface area contributed by atoms with Gasteiger partial charge in [-0.3, -0.25) is 9.59 Å². The predicted molar refractivity (Wildman–Crippen MR) is 89.1 cm³/mol. The molecule has 1 aromatic carbocycles. The Hall–Kier alpha value is -1.88. The molecule has 5 nitrogen and oxygen atoms in total. The normalized spacial score (nSPS) is 16.3.